The van der Waals surface area contributed by atoms with Crippen molar-refractivity contribution in [3.05, 3.63) is 29.5 Å². The molecule has 0 spiro atoms. The van der Waals surface area contributed by atoms with Gasteiger partial charge in [-0.05, 0) is 32.8 Å². The third-order valence-corrected chi connectivity index (χ3v) is 3.65. The first-order valence-electron chi connectivity index (χ1n) is 6.47. The molecule has 0 bridgehead atoms. The number of hydrogen-bond acceptors (Lipinski definition) is 3. The maximum Gasteiger partial charge on any atom is 0.125 e. The van der Waals surface area contributed by atoms with Crippen molar-refractivity contribution in [3.8, 4) is 11.1 Å². The molecule has 1 saturated carbocycles. The van der Waals surface area contributed by atoms with Gasteiger partial charge in [0.25, 0.3) is 0 Å². The fourth-order valence-corrected chi connectivity index (χ4v) is 2.39. The van der Waals surface area contributed by atoms with E-state index in [0.29, 0.717) is 6.04 Å². The zero-order valence-corrected chi connectivity index (χ0v) is 11.2. The number of rotatable bonds is 4. The molecule has 0 aromatic carbocycles. The molecule has 1 aliphatic carbocycles. The second kappa shape index (κ2) is 4.28. The number of furan rings is 1. The van der Waals surface area contributed by atoms with Crippen LogP contribution in [-0.2, 0) is 13.6 Å². The van der Waals surface area contributed by atoms with Crippen molar-refractivity contribution in [2.45, 2.75) is 39.3 Å². The van der Waals surface area contributed by atoms with E-state index in [2.05, 4.69) is 17.3 Å². The normalized spacial score (nSPS) is 15.3. The Labute approximate surface area is 107 Å². The Balaban J connectivity index is 1.92. The molecule has 1 N–H and O–H groups in total. The summed E-state index contributed by atoms with van der Waals surface area (Å²) in [6.07, 6.45) is 4.35. The fourth-order valence-electron chi connectivity index (χ4n) is 2.39. The van der Waals surface area contributed by atoms with Gasteiger partial charge in [-0.25, -0.2) is 0 Å². The summed E-state index contributed by atoms with van der Waals surface area (Å²) >= 11 is 0. The molecule has 0 amide bonds. The van der Waals surface area contributed by atoms with Gasteiger partial charge in [-0.15, -0.1) is 0 Å². The number of aromatic nitrogens is 2. The van der Waals surface area contributed by atoms with Crippen LogP contribution in [0.3, 0.4) is 0 Å². The minimum Gasteiger partial charge on any atom is -0.467 e. The van der Waals surface area contributed by atoms with Gasteiger partial charge in [0.2, 0.25) is 0 Å². The molecule has 4 nitrogen and oxygen atoms in total. The highest BCUT2D eigenvalue weighted by Gasteiger charge is 2.22. The van der Waals surface area contributed by atoms with Crippen LogP contribution in [-0.4, -0.2) is 15.8 Å². The average molecular weight is 245 g/mol. The van der Waals surface area contributed by atoms with Crippen molar-refractivity contribution < 1.29 is 4.42 Å². The van der Waals surface area contributed by atoms with Crippen molar-refractivity contribution in [1.29, 1.82) is 0 Å². The molecule has 4 heteroatoms. The van der Waals surface area contributed by atoms with Crippen LogP contribution in [0.5, 0.6) is 0 Å². The summed E-state index contributed by atoms with van der Waals surface area (Å²) in [5.74, 6) is 1.01. The second-order valence-corrected chi connectivity index (χ2v) is 5.08. The Morgan fingerprint density at radius 1 is 1.44 bits per heavy atom. The monoisotopic (exact) mass is 245 g/mol. The summed E-state index contributed by atoms with van der Waals surface area (Å²) in [6.45, 7) is 4.95. The molecule has 1 fully saturated rings. The van der Waals surface area contributed by atoms with Gasteiger partial charge in [0.1, 0.15) is 5.76 Å². The van der Waals surface area contributed by atoms with Crippen LogP contribution in [0.25, 0.3) is 11.1 Å². The Morgan fingerprint density at radius 3 is 2.83 bits per heavy atom. The van der Waals surface area contributed by atoms with E-state index in [1.54, 1.807) is 6.26 Å². The Morgan fingerprint density at radius 2 is 2.22 bits per heavy atom. The average Bonchev–Trinajstić information content (AvgIpc) is 3.00. The molecule has 0 radical (unpaired) electrons. The smallest absolute Gasteiger partial charge is 0.125 e. The van der Waals surface area contributed by atoms with Crippen LogP contribution in [0.2, 0.25) is 0 Å². The Kier molecular flexibility index (Phi) is 2.74. The van der Waals surface area contributed by atoms with E-state index in [4.69, 9.17) is 4.42 Å². The molecule has 0 aliphatic heterocycles. The zero-order chi connectivity index (χ0) is 12.7. The maximum absolute atomic E-state index is 5.62. The molecule has 2 aromatic rings. The van der Waals surface area contributed by atoms with Crippen LogP contribution < -0.4 is 5.32 Å². The molecule has 0 unspecified atom stereocenters. The summed E-state index contributed by atoms with van der Waals surface area (Å²) < 4.78 is 7.54. The van der Waals surface area contributed by atoms with Crippen molar-refractivity contribution in [2.75, 3.05) is 0 Å². The van der Waals surface area contributed by atoms with Gasteiger partial charge in [-0.2, -0.15) is 5.10 Å². The highest BCUT2D eigenvalue weighted by molar-refractivity contribution is 5.70. The lowest BCUT2D eigenvalue weighted by Crippen LogP contribution is -2.15. The summed E-state index contributed by atoms with van der Waals surface area (Å²) in [5.41, 5.74) is 4.62. The number of nitrogens with one attached hydrogen (secondary N) is 1. The quantitative estimate of drug-likeness (QED) is 0.900. The van der Waals surface area contributed by atoms with E-state index < -0.39 is 0 Å². The molecule has 96 valence electrons. The van der Waals surface area contributed by atoms with Gasteiger partial charge in [0.05, 0.1) is 18.5 Å². The minimum absolute atomic E-state index is 0.694. The Hall–Kier alpha value is -1.55. The van der Waals surface area contributed by atoms with Gasteiger partial charge in [-0.1, -0.05) is 0 Å². The van der Waals surface area contributed by atoms with Gasteiger partial charge >= 0.3 is 0 Å². The largest absolute Gasteiger partial charge is 0.467 e. The molecule has 0 saturated heterocycles. The van der Waals surface area contributed by atoms with E-state index in [0.717, 1.165) is 18.0 Å². The van der Waals surface area contributed by atoms with Crippen molar-refractivity contribution in [3.63, 3.8) is 0 Å². The fraction of sp³-hybridized carbons (Fsp3) is 0.500. The highest BCUT2D eigenvalue weighted by atomic mass is 16.3. The molecule has 0 atom stereocenters. The molecule has 2 heterocycles. The third kappa shape index (κ3) is 1.97. The lowest BCUT2D eigenvalue weighted by Gasteiger charge is -2.04. The topological polar surface area (TPSA) is 43.0 Å². The van der Waals surface area contributed by atoms with E-state index in [9.17, 15) is 0 Å². The van der Waals surface area contributed by atoms with Crippen LogP contribution in [0.1, 0.15) is 30.0 Å². The first-order valence-corrected chi connectivity index (χ1v) is 6.47. The van der Waals surface area contributed by atoms with Crippen LogP contribution in [0.4, 0.5) is 0 Å². The first-order chi connectivity index (χ1) is 8.66. The first kappa shape index (κ1) is 11.5. The SMILES string of the molecule is Cc1nn(C)c(C)c1-c1ccoc1CNC1CC1. The predicted molar refractivity (Wildman–Crippen MR) is 70.2 cm³/mol. The lowest BCUT2D eigenvalue weighted by molar-refractivity contribution is 0.483. The van der Waals surface area contributed by atoms with E-state index in [1.165, 1.54) is 29.7 Å². The minimum atomic E-state index is 0.694. The van der Waals surface area contributed by atoms with Crippen molar-refractivity contribution in [1.82, 2.24) is 15.1 Å². The van der Waals surface area contributed by atoms with Gasteiger partial charge in [0, 0.05) is 29.9 Å². The Bertz CT molecular complexity index is 564. The van der Waals surface area contributed by atoms with Crippen LogP contribution in [0.15, 0.2) is 16.7 Å². The molecular formula is C14H19N3O. The highest BCUT2D eigenvalue weighted by Crippen LogP contribution is 2.31. The van der Waals surface area contributed by atoms with Crippen molar-refractivity contribution >= 4 is 0 Å². The van der Waals surface area contributed by atoms with E-state index in [1.807, 2.05) is 24.7 Å². The van der Waals surface area contributed by atoms with E-state index in [-0.39, 0.29) is 0 Å². The predicted octanol–water partition coefficient (Wildman–Crippen LogP) is 2.55. The summed E-state index contributed by atoms with van der Waals surface area (Å²) in [5, 5.41) is 7.96. The molecule has 3 rings (SSSR count). The number of nitrogens with zero attached hydrogens (tertiary/aromatic N) is 2. The second-order valence-electron chi connectivity index (χ2n) is 5.08. The van der Waals surface area contributed by atoms with Crippen LogP contribution in [0, 0.1) is 13.8 Å². The lowest BCUT2D eigenvalue weighted by atomic mass is 10.0. The summed E-state index contributed by atoms with van der Waals surface area (Å²) in [6, 6.07) is 2.74. The van der Waals surface area contributed by atoms with Crippen LogP contribution >= 0.6 is 0 Å². The zero-order valence-electron chi connectivity index (χ0n) is 11.2. The molecule has 18 heavy (non-hydrogen) atoms. The summed E-state index contributed by atoms with van der Waals surface area (Å²) in [4.78, 5) is 0. The van der Waals surface area contributed by atoms with Gasteiger partial charge in [-0.3, -0.25) is 4.68 Å². The number of hydrogen-bond donors (Lipinski definition) is 1. The van der Waals surface area contributed by atoms with Gasteiger partial charge < -0.3 is 9.73 Å². The third-order valence-electron chi connectivity index (χ3n) is 3.65. The van der Waals surface area contributed by atoms with Gasteiger partial charge in [0.15, 0.2) is 0 Å². The van der Waals surface area contributed by atoms with E-state index >= 15 is 0 Å². The molecule has 2 aromatic heterocycles. The maximum atomic E-state index is 5.62. The van der Waals surface area contributed by atoms with Crippen molar-refractivity contribution in [2.24, 2.45) is 7.05 Å². The molecular weight excluding hydrogens is 226 g/mol. The number of aryl methyl sites for hydroxylation is 2. The molecule has 1 aliphatic rings. The summed E-state index contributed by atoms with van der Waals surface area (Å²) in [7, 11) is 1.98. The standard InChI is InChI=1S/C14H19N3O/c1-9-14(10(2)17(3)16-9)12-6-7-18-13(12)8-15-11-4-5-11/h6-7,11,15H,4-5,8H2,1-3H3.